The van der Waals surface area contributed by atoms with E-state index in [-0.39, 0.29) is 39.5 Å². The lowest BCUT2D eigenvalue weighted by molar-refractivity contribution is -0.387. The lowest BCUT2D eigenvalue weighted by Gasteiger charge is -2.39. The molecule has 1 aliphatic carbocycles. The fourth-order valence-electron chi connectivity index (χ4n) is 6.04. The van der Waals surface area contributed by atoms with Crippen LogP contribution in [0, 0.1) is 16.0 Å². The highest BCUT2D eigenvalue weighted by atomic mass is 35.5. The first-order chi connectivity index (χ1) is 19.7. The van der Waals surface area contributed by atoms with E-state index in [9.17, 15) is 14.9 Å². The smallest absolute Gasteiger partial charge is 0.282 e. The minimum absolute atomic E-state index is 0.0397. The molecule has 1 saturated carbocycles. The van der Waals surface area contributed by atoms with Crippen molar-refractivity contribution in [3.8, 4) is 0 Å². The number of carbonyl (C=O) groups is 1. The fraction of sp³-hybridized carbons (Fsp3) is 0.194. The third kappa shape index (κ3) is 5.33. The molecule has 0 spiro atoms. The number of fused-ring (bicyclic) bond motifs is 3. The summed E-state index contributed by atoms with van der Waals surface area (Å²) < 4.78 is 0. The summed E-state index contributed by atoms with van der Waals surface area (Å²) in [6, 6.07) is 24.4. The molecule has 0 bridgehead atoms. The monoisotopic (exact) mass is 642 g/mol. The second-order valence-corrected chi connectivity index (χ2v) is 13.2. The highest BCUT2D eigenvalue weighted by Gasteiger charge is 2.51. The van der Waals surface area contributed by atoms with Gasteiger partial charge in [0.1, 0.15) is 0 Å². The molecular formula is C31H22Cl4N2O3S. The van der Waals surface area contributed by atoms with Crippen LogP contribution in [0.1, 0.15) is 45.4 Å². The molecule has 208 valence electrons. The van der Waals surface area contributed by atoms with Crippen molar-refractivity contribution in [2.24, 2.45) is 5.92 Å². The van der Waals surface area contributed by atoms with Crippen LogP contribution in [0.5, 0.6) is 0 Å². The number of alkyl halides is 1. The van der Waals surface area contributed by atoms with Gasteiger partial charge in [0.15, 0.2) is 5.78 Å². The Balaban J connectivity index is 1.48. The second-order valence-electron chi connectivity index (χ2n) is 10.2. The van der Waals surface area contributed by atoms with Gasteiger partial charge in [0.05, 0.1) is 21.2 Å². The second kappa shape index (κ2) is 11.5. The topological polar surface area (TPSA) is 72.2 Å². The van der Waals surface area contributed by atoms with Gasteiger partial charge in [0, 0.05) is 49.1 Å². The lowest BCUT2D eigenvalue weighted by atomic mass is 9.76. The van der Waals surface area contributed by atoms with Gasteiger partial charge in [-0.05, 0) is 53.8 Å². The van der Waals surface area contributed by atoms with Gasteiger partial charge in [0.2, 0.25) is 0 Å². The number of rotatable bonds is 6. The molecule has 1 fully saturated rings. The van der Waals surface area contributed by atoms with Gasteiger partial charge in [-0.15, -0.1) is 23.4 Å². The number of nitrogens with zero attached hydrogens (tertiary/aromatic N) is 1. The third-order valence-corrected chi connectivity index (χ3v) is 10.7. The molecule has 0 saturated heterocycles. The molecule has 0 aromatic heterocycles. The summed E-state index contributed by atoms with van der Waals surface area (Å²) in [6.45, 7) is 0. The van der Waals surface area contributed by atoms with Crippen LogP contribution in [0.2, 0.25) is 15.1 Å². The van der Waals surface area contributed by atoms with Gasteiger partial charge in [-0.2, -0.15) is 0 Å². The Morgan fingerprint density at radius 2 is 1.63 bits per heavy atom. The van der Waals surface area contributed by atoms with Crippen molar-refractivity contribution in [1.29, 1.82) is 0 Å². The van der Waals surface area contributed by atoms with Crippen LogP contribution in [0.25, 0.3) is 0 Å². The standard InChI is InChI=1S/C31H22Cl4N2O3S/c32-17-10-11-19(23(34)14-17)29-21-15-26(41-25-9-5-4-8-24(25)37(39)40)28(35)27(21)20-12-18(33)13-22(30(20)36-29)31(38)16-6-2-1-3-7-16/h1-14,21,26-29,36H,15H2/t21-,26+,27+,28-,29-/m1/s1. The van der Waals surface area contributed by atoms with Crippen LogP contribution in [-0.2, 0) is 0 Å². The maximum atomic E-state index is 13.8. The number of hydrogen-bond acceptors (Lipinski definition) is 5. The van der Waals surface area contributed by atoms with Crippen LogP contribution >= 0.6 is 58.2 Å². The SMILES string of the molecule is O=C(c1ccccc1)c1cc(Cl)cc2c1N[C@H](c1ccc(Cl)cc1Cl)[C@@H]1C[C@H](Sc3ccccc3[N+](=O)[O-])[C@@H](Cl)[C@@H]21. The van der Waals surface area contributed by atoms with Gasteiger partial charge in [0.25, 0.3) is 5.69 Å². The molecule has 1 aliphatic heterocycles. The number of benzene rings is 4. The number of thioether (sulfide) groups is 1. The molecule has 6 rings (SSSR count). The van der Waals surface area contributed by atoms with Gasteiger partial charge in [-0.1, -0.05) is 83.3 Å². The summed E-state index contributed by atoms with van der Waals surface area (Å²) in [7, 11) is 0. The molecule has 41 heavy (non-hydrogen) atoms. The number of ketones is 1. The van der Waals surface area contributed by atoms with Gasteiger partial charge in [-0.25, -0.2) is 0 Å². The Kier molecular flexibility index (Phi) is 7.96. The number of nitrogens with one attached hydrogen (secondary N) is 1. The van der Waals surface area contributed by atoms with Gasteiger partial charge < -0.3 is 5.32 Å². The molecule has 2 aliphatic rings. The minimum atomic E-state index is -0.405. The highest BCUT2D eigenvalue weighted by Crippen LogP contribution is 2.59. The molecule has 0 amide bonds. The minimum Gasteiger partial charge on any atom is -0.377 e. The van der Waals surface area contributed by atoms with E-state index in [0.717, 1.165) is 11.1 Å². The van der Waals surface area contributed by atoms with E-state index < -0.39 is 5.38 Å². The fourth-order valence-corrected chi connectivity index (χ4v) is 8.74. The first kappa shape index (κ1) is 28.4. The van der Waals surface area contributed by atoms with Crippen molar-refractivity contribution in [2.75, 3.05) is 5.32 Å². The summed E-state index contributed by atoms with van der Waals surface area (Å²) in [5.41, 5.74) is 3.40. The first-order valence-corrected chi connectivity index (χ1v) is 15.4. The Morgan fingerprint density at radius 1 is 0.902 bits per heavy atom. The zero-order valence-electron chi connectivity index (χ0n) is 21.3. The molecule has 4 aromatic carbocycles. The van der Waals surface area contributed by atoms with Crippen LogP contribution in [0.4, 0.5) is 11.4 Å². The van der Waals surface area contributed by atoms with E-state index in [1.54, 1.807) is 48.5 Å². The Labute approximate surface area is 261 Å². The van der Waals surface area contributed by atoms with Crippen LogP contribution in [0.15, 0.2) is 89.8 Å². The van der Waals surface area contributed by atoms with Crippen LogP contribution < -0.4 is 5.32 Å². The predicted molar refractivity (Wildman–Crippen MR) is 167 cm³/mol. The van der Waals surface area contributed by atoms with Crippen LogP contribution in [-0.4, -0.2) is 21.3 Å². The number of carbonyl (C=O) groups excluding carboxylic acids is 1. The summed E-state index contributed by atoms with van der Waals surface area (Å²) in [4.78, 5) is 25.7. The van der Waals surface area contributed by atoms with Crippen molar-refractivity contribution in [1.82, 2.24) is 0 Å². The number of para-hydroxylation sites is 1. The summed E-state index contributed by atoms with van der Waals surface area (Å²) in [6.07, 6.45) is 0.653. The molecule has 1 heterocycles. The van der Waals surface area contributed by atoms with Crippen molar-refractivity contribution < 1.29 is 9.72 Å². The number of hydrogen-bond donors (Lipinski definition) is 1. The number of halogens is 4. The average molecular weight is 644 g/mol. The molecule has 5 nitrogen and oxygen atoms in total. The molecule has 0 radical (unpaired) electrons. The van der Waals surface area contributed by atoms with Gasteiger partial charge >= 0.3 is 0 Å². The Hall–Kier alpha value is -2.74. The quantitative estimate of drug-likeness (QED) is 0.0980. The normalized spacial score (nSPS) is 22.9. The highest BCUT2D eigenvalue weighted by molar-refractivity contribution is 8.00. The third-order valence-electron chi connectivity index (χ3n) is 7.80. The molecular weight excluding hydrogens is 622 g/mol. The van der Waals surface area contributed by atoms with Crippen molar-refractivity contribution in [3.05, 3.63) is 132 Å². The van der Waals surface area contributed by atoms with Crippen molar-refractivity contribution in [2.45, 2.75) is 33.9 Å². The Morgan fingerprint density at radius 3 is 2.37 bits per heavy atom. The molecule has 5 atom stereocenters. The average Bonchev–Trinajstić information content (AvgIpc) is 3.28. The molecule has 10 heteroatoms. The number of nitro benzene ring substituents is 1. The zero-order chi connectivity index (χ0) is 28.8. The van der Waals surface area contributed by atoms with E-state index >= 15 is 0 Å². The van der Waals surface area contributed by atoms with Gasteiger partial charge in [-0.3, -0.25) is 14.9 Å². The van der Waals surface area contributed by atoms with Crippen LogP contribution in [0.3, 0.4) is 0 Å². The molecule has 0 unspecified atom stereocenters. The van der Waals surface area contributed by atoms with E-state index in [4.69, 9.17) is 46.4 Å². The summed E-state index contributed by atoms with van der Waals surface area (Å²) in [5.74, 6) is -0.403. The van der Waals surface area contributed by atoms with Crippen molar-refractivity contribution >= 4 is 75.3 Å². The Bertz CT molecular complexity index is 1670. The predicted octanol–water partition coefficient (Wildman–Crippen LogP) is 9.82. The van der Waals surface area contributed by atoms with E-state index in [2.05, 4.69) is 5.32 Å². The van der Waals surface area contributed by atoms with E-state index in [1.807, 2.05) is 30.3 Å². The lowest BCUT2D eigenvalue weighted by Crippen LogP contribution is -2.32. The van der Waals surface area contributed by atoms with E-state index in [1.165, 1.54) is 17.8 Å². The number of nitro groups is 1. The first-order valence-electron chi connectivity index (χ1n) is 12.9. The maximum Gasteiger partial charge on any atom is 0.282 e. The zero-order valence-corrected chi connectivity index (χ0v) is 25.1. The summed E-state index contributed by atoms with van der Waals surface area (Å²) >= 11 is 28.3. The van der Waals surface area contributed by atoms with Crippen molar-refractivity contribution in [3.63, 3.8) is 0 Å². The largest absolute Gasteiger partial charge is 0.377 e. The molecule has 1 N–H and O–H groups in total. The summed E-state index contributed by atoms with van der Waals surface area (Å²) in [5, 5.41) is 16.3. The number of anilines is 1. The molecule has 4 aromatic rings. The van der Waals surface area contributed by atoms with E-state index in [0.29, 0.717) is 43.2 Å². The maximum absolute atomic E-state index is 13.8.